The Morgan fingerprint density at radius 1 is 1.39 bits per heavy atom. The third kappa shape index (κ3) is 4.02. The molecule has 1 aliphatic rings. The highest BCUT2D eigenvalue weighted by Gasteiger charge is 2.52. The lowest BCUT2D eigenvalue weighted by Crippen LogP contribution is -2.46. The van der Waals surface area contributed by atoms with Crippen molar-refractivity contribution in [1.29, 1.82) is 5.26 Å². The molecule has 10 nitrogen and oxygen atoms in total. The van der Waals surface area contributed by atoms with Crippen LogP contribution in [0, 0.1) is 11.3 Å². The van der Waals surface area contributed by atoms with Crippen molar-refractivity contribution in [2.24, 2.45) is 5.73 Å². The summed E-state index contributed by atoms with van der Waals surface area (Å²) in [5, 5.41) is 27.3. The van der Waals surface area contributed by atoms with E-state index in [1.807, 2.05) is 0 Å². The van der Waals surface area contributed by atoms with Gasteiger partial charge in [-0.15, -0.1) is 5.10 Å². The molecule has 13 heteroatoms. The van der Waals surface area contributed by atoms with Crippen LogP contribution < -0.4 is 10.6 Å². The van der Waals surface area contributed by atoms with Gasteiger partial charge in [-0.2, -0.15) is 18.4 Å². The SMILES string of the molecule is CC1(C)C(O)N(c2ccc(C#N)c(C(F)(F)F)c2)C(=O)N1Cc1cn(CC(N)=O)nn1. The number of aliphatic hydroxyl groups excluding tert-OH is 1. The van der Waals surface area contributed by atoms with E-state index in [1.165, 1.54) is 35.7 Å². The van der Waals surface area contributed by atoms with Crippen LogP contribution in [0.2, 0.25) is 0 Å². The fourth-order valence-electron chi connectivity index (χ4n) is 3.28. The Morgan fingerprint density at radius 3 is 2.65 bits per heavy atom. The van der Waals surface area contributed by atoms with Crippen LogP contribution in [0.1, 0.15) is 30.7 Å². The smallest absolute Gasteiger partial charge is 0.371 e. The molecule has 0 bridgehead atoms. The molecule has 31 heavy (non-hydrogen) atoms. The number of urea groups is 1. The fourth-order valence-corrected chi connectivity index (χ4v) is 3.28. The van der Waals surface area contributed by atoms with Gasteiger partial charge < -0.3 is 15.7 Å². The second-order valence-corrected chi connectivity index (χ2v) is 7.48. The minimum atomic E-state index is -4.82. The van der Waals surface area contributed by atoms with Gasteiger partial charge in [0.25, 0.3) is 0 Å². The number of carbonyl (C=O) groups is 2. The molecule has 0 radical (unpaired) electrons. The third-order valence-electron chi connectivity index (χ3n) is 4.94. The molecule has 1 fully saturated rings. The normalized spacial score (nSPS) is 18.4. The summed E-state index contributed by atoms with van der Waals surface area (Å²) in [6, 6.07) is 3.47. The first kappa shape index (κ1) is 22.0. The van der Waals surface area contributed by atoms with E-state index in [9.17, 15) is 27.9 Å². The average molecular weight is 437 g/mol. The van der Waals surface area contributed by atoms with Gasteiger partial charge in [0.1, 0.15) is 12.2 Å². The lowest BCUT2D eigenvalue weighted by atomic mass is 10.0. The molecule has 0 saturated carbocycles. The number of aliphatic hydroxyl groups is 1. The maximum atomic E-state index is 13.3. The fraction of sp³-hybridized carbons (Fsp3) is 0.389. The highest BCUT2D eigenvalue weighted by molar-refractivity contribution is 5.96. The van der Waals surface area contributed by atoms with E-state index in [1.54, 1.807) is 0 Å². The zero-order valence-electron chi connectivity index (χ0n) is 16.5. The third-order valence-corrected chi connectivity index (χ3v) is 4.94. The second kappa shape index (κ2) is 7.55. The summed E-state index contributed by atoms with van der Waals surface area (Å²) in [4.78, 5) is 26.1. The first-order valence-corrected chi connectivity index (χ1v) is 8.94. The van der Waals surface area contributed by atoms with Gasteiger partial charge in [-0.05, 0) is 32.0 Å². The monoisotopic (exact) mass is 437 g/mol. The molecular weight excluding hydrogens is 419 g/mol. The van der Waals surface area contributed by atoms with Gasteiger partial charge in [0, 0.05) is 5.69 Å². The summed E-state index contributed by atoms with van der Waals surface area (Å²) >= 11 is 0. The first-order valence-electron chi connectivity index (χ1n) is 8.94. The Bertz CT molecular complexity index is 1070. The quantitative estimate of drug-likeness (QED) is 0.720. The minimum Gasteiger partial charge on any atom is -0.371 e. The summed E-state index contributed by atoms with van der Waals surface area (Å²) in [6.45, 7) is 2.74. The van der Waals surface area contributed by atoms with Gasteiger partial charge in [-0.1, -0.05) is 5.21 Å². The van der Waals surface area contributed by atoms with Crippen molar-refractivity contribution < 1.29 is 27.9 Å². The van der Waals surface area contributed by atoms with Crippen molar-refractivity contribution in [3.05, 3.63) is 41.2 Å². The number of rotatable bonds is 5. The van der Waals surface area contributed by atoms with E-state index in [0.717, 1.165) is 17.0 Å². The van der Waals surface area contributed by atoms with Gasteiger partial charge in [-0.3, -0.25) is 9.69 Å². The van der Waals surface area contributed by atoms with E-state index >= 15 is 0 Å². The number of nitrogens with two attached hydrogens (primary N) is 1. The molecule has 3 N–H and O–H groups in total. The largest absolute Gasteiger partial charge is 0.417 e. The molecule has 0 aliphatic carbocycles. The number of alkyl halides is 3. The van der Waals surface area contributed by atoms with Crippen LogP contribution in [-0.4, -0.2) is 48.7 Å². The van der Waals surface area contributed by atoms with Crippen LogP contribution in [0.4, 0.5) is 23.7 Å². The van der Waals surface area contributed by atoms with Gasteiger partial charge in [-0.25, -0.2) is 9.48 Å². The van der Waals surface area contributed by atoms with Crippen molar-refractivity contribution in [1.82, 2.24) is 19.9 Å². The van der Waals surface area contributed by atoms with E-state index in [-0.39, 0.29) is 24.5 Å². The Labute approximate surface area is 174 Å². The Morgan fingerprint density at radius 2 is 2.06 bits per heavy atom. The minimum absolute atomic E-state index is 0.124. The molecule has 1 atom stereocenters. The summed E-state index contributed by atoms with van der Waals surface area (Å²) in [5.41, 5.74) is 2.15. The zero-order chi connectivity index (χ0) is 23.1. The first-order chi connectivity index (χ1) is 14.4. The van der Waals surface area contributed by atoms with E-state index in [4.69, 9.17) is 11.0 Å². The Kier molecular flexibility index (Phi) is 5.36. The number of benzene rings is 1. The number of aromatic nitrogens is 3. The number of hydrogen-bond donors (Lipinski definition) is 2. The molecule has 3 rings (SSSR count). The molecule has 2 aromatic rings. The summed E-state index contributed by atoms with van der Waals surface area (Å²) in [6.07, 6.45) is -4.91. The molecule has 1 saturated heterocycles. The number of anilines is 1. The molecule has 1 unspecified atom stereocenters. The number of halogens is 3. The topological polar surface area (TPSA) is 141 Å². The molecule has 3 amide bonds. The van der Waals surface area contributed by atoms with Gasteiger partial charge in [0.2, 0.25) is 5.91 Å². The predicted octanol–water partition coefficient (Wildman–Crippen LogP) is 1.19. The van der Waals surface area contributed by atoms with Crippen molar-refractivity contribution in [3.8, 4) is 6.07 Å². The number of carbonyl (C=O) groups excluding carboxylic acids is 2. The predicted molar refractivity (Wildman–Crippen MR) is 98.9 cm³/mol. The molecule has 1 aromatic heterocycles. The van der Waals surface area contributed by atoms with Crippen molar-refractivity contribution in [2.75, 3.05) is 4.90 Å². The Balaban J connectivity index is 1.94. The molecule has 1 aliphatic heterocycles. The summed E-state index contributed by atoms with van der Waals surface area (Å²) in [7, 11) is 0. The number of nitrogens with zero attached hydrogens (tertiary/aromatic N) is 6. The highest BCUT2D eigenvalue weighted by atomic mass is 19.4. The maximum Gasteiger partial charge on any atom is 0.417 e. The van der Waals surface area contributed by atoms with Crippen LogP contribution >= 0.6 is 0 Å². The van der Waals surface area contributed by atoms with Crippen LogP contribution in [-0.2, 0) is 24.1 Å². The lowest BCUT2D eigenvalue weighted by molar-refractivity contribution is -0.137. The van der Waals surface area contributed by atoms with Crippen LogP contribution in [0.25, 0.3) is 0 Å². The van der Waals surface area contributed by atoms with E-state index in [0.29, 0.717) is 6.07 Å². The lowest BCUT2D eigenvalue weighted by Gasteiger charge is -2.31. The zero-order valence-corrected chi connectivity index (χ0v) is 16.5. The maximum absolute atomic E-state index is 13.3. The van der Waals surface area contributed by atoms with Crippen LogP contribution in [0.5, 0.6) is 0 Å². The van der Waals surface area contributed by atoms with Crippen LogP contribution in [0.3, 0.4) is 0 Å². The van der Waals surface area contributed by atoms with Gasteiger partial charge in [0.05, 0.1) is 35.5 Å². The van der Waals surface area contributed by atoms with Crippen molar-refractivity contribution >= 4 is 17.6 Å². The summed E-state index contributed by atoms with van der Waals surface area (Å²) < 4.78 is 41.2. The molecule has 2 heterocycles. The number of hydrogen-bond acceptors (Lipinski definition) is 6. The second-order valence-electron chi connectivity index (χ2n) is 7.48. The van der Waals surface area contributed by atoms with E-state index in [2.05, 4.69) is 10.3 Å². The van der Waals surface area contributed by atoms with Crippen molar-refractivity contribution in [3.63, 3.8) is 0 Å². The van der Waals surface area contributed by atoms with E-state index < -0.39 is 41.0 Å². The average Bonchev–Trinajstić information content (AvgIpc) is 3.17. The van der Waals surface area contributed by atoms with Gasteiger partial charge >= 0.3 is 12.2 Å². The van der Waals surface area contributed by atoms with Gasteiger partial charge in [0.15, 0.2) is 6.23 Å². The van der Waals surface area contributed by atoms with Crippen molar-refractivity contribution in [2.45, 2.75) is 44.9 Å². The molecule has 0 spiro atoms. The molecular formula is C18H18F3N7O3. The number of amides is 3. The standard InChI is InChI=1S/C18H18F3N7O3/c1-17(2)15(30)28(12-4-3-10(6-22)13(5-12)18(19,20)21)16(31)27(17)8-11-7-26(25-24-11)9-14(23)29/h3-5,7,15,30H,8-9H2,1-2H3,(H2,23,29). The summed E-state index contributed by atoms with van der Waals surface area (Å²) in [5.74, 6) is -0.642. The number of nitriles is 1. The molecule has 164 valence electrons. The number of primary amides is 1. The highest BCUT2D eigenvalue weighted by Crippen LogP contribution is 2.39. The Hall–Kier alpha value is -3.66. The van der Waals surface area contributed by atoms with Crippen LogP contribution in [0.15, 0.2) is 24.4 Å². The molecule has 1 aromatic carbocycles.